The van der Waals surface area contributed by atoms with Crippen molar-refractivity contribution in [3.63, 3.8) is 0 Å². The Labute approximate surface area is 185 Å². The second-order valence-electron chi connectivity index (χ2n) is 6.69. The van der Waals surface area contributed by atoms with E-state index < -0.39 is 17.9 Å². The van der Waals surface area contributed by atoms with Gasteiger partial charge in [-0.2, -0.15) is 5.10 Å². The second-order valence-corrected chi connectivity index (χ2v) is 7.53. The number of hydrogen-bond acceptors (Lipinski definition) is 4. The molecule has 0 aliphatic rings. The van der Waals surface area contributed by atoms with Crippen molar-refractivity contribution in [1.29, 1.82) is 0 Å². The van der Waals surface area contributed by atoms with Crippen molar-refractivity contribution >= 4 is 41.2 Å². The van der Waals surface area contributed by atoms with Gasteiger partial charge in [-0.1, -0.05) is 61.8 Å². The lowest BCUT2D eigenvalue weighted by atomic mass is 10.0. The van der Waals surface area contributed by atoms with Gasteiger partial charge in [-0.3, -0.25) is 9.59 Å². The number of rotatable bonds is 9. The Kier molecular flexibility index (Phi) is 8.89. The summed E-state index contributed by atoms with van der Waals surface area (Å²) in [7, 11) is 0. The molecular formula is C22H23Cl2N3O3. The van der Waals surface area contributed by atoms with E-state index in [9.17, 15) is 9.59 Å². The molecular weight excluding hydrogens is 425 g/mol. The van der Waals surface area contributed by atoms with E-state index >= 15 is 0 Å². The van der Waals surface area contributed by atoms with E-state index in [4.69, 9.17) is 27.9 Å². The molecule has 0 heterocycles. The van der Waals surface area contributed by atoms with Crippen molar-refractivity contribution in [3.05, 3.63) is 76.3 Å². The molecule has 2 amide bonds. The molecule has 1 atom stereocenters. The average Bonchev–Trinajstić information content (AvgIpc) is 2.70. The smallest absolute Gasteiger partial charge is 0.262 e. The second kappa shape index (κ2) is 11.4. The lowest BCUT2D eigenvalue weighted by Gasteiger charge is -2.20. The van der Waals surface area contributed by atoms with Crippen LogP contribution in [0.3, 0.4) is 0 Å². The van der Waals surface area contributed by atoms with Crippen LogP contribution in [-0.4, -0.2) is 30.7 Å². The Morgan fingerprint density at radius 1 is 1.20 bits per heavy atom. The number of ether oxygens (including phenoxy) is 1. The van der Waals surface area contributed by atoms with Crippen LogP contribution in [0.5, 0.6) is 5.75 Å². The number of hydrogen-bond donors (Lipinski definition) is 2. The van der Waals surface area contributed by atoms with Crippen LogP contribution in [0.4, 0.5) is 0 Å². The molecule has 0 spiro atoms. The fraction of sp³-hybridized carbons (Fsp3) is 0.227. The van der Waals surface area contributed by atoms with Crippen molar-refractivity contribution in [2.75, 3.05) is 6.61 Å². The van der Waals surface area contributed by atoms with Crippen molar-refractivity contribution in [1.82, 2.24) is 10.7 Å². The highest BCUT2D eigenvalue weighted by molar-refractivity contribution is 6.36. The van der Waals surface area contributed by atoms with E-state index in [1.165, 1.54) is 18.3 Å². The molecule has 0 saturated heterocycles. The number of nitrogens with one attached hydrogen (secondary N) is 2. The van der Waals surface area contributed by atoms with Crippen LogP contribution >= 0.6 is 23.2 Å². The van der Waals surface area contributed by atoms with Crippen LogP contribution in [0.2, 0.25) is 10.0 Å². The van der Waals surface area contributed by atoms with Crippen LogP contribution in [0.1, 0.15) is 29.8 Å². The summed E-state index contributed by atoms with van der Waals surface area (Å²) < 4.78 is 5.55. The minimum absolute atomic E-state index is 0.182. The summed E-state index contributed by atoms with van der Waals surface area (Å²) in [6, 6.07) is 11.0. The Morgan fingerprint density at radius 2 is 1.93 bits per heavy atom. The van der Waals surface area contributed by atoms with Gasteiger partial charge in [0.1, 0.15) is 18.4 Å². The summed E-state index contributed by atoms with van der Waals surface area (Å²) in [5.74, 6) is -0.498. The van der Waals surface area contributed by atoms with E-state index in [1.54, 1.807) is 24.3 Å². The minimum atomic E-state index is -0.811. The number of para-hydroxylation sites is 1. The molecule has 0 saturated carbocycles. The first-order valence-electron chi connectivity index (χ1n) is 9.25. The largest absolute Gasteiger partial charge is 0.489 e. The van der Waals surface area contributed by atoms with Gasteiger partial charge in [-0.15, -0.1) is 0 Å². The highest BCUT2D eigenvalue weighted by Gasteiger charge is 2.25. The third kappa shape index (κ3) is 6.61. The van der Waals surface area contributed by atoms with Crippen LogP contribution in [0.15, 0.2) is 60.2 Å². The third-order valence-corrected chi connectivity index (χ3v) is 4.61. The van der Waals surface area contributed by atoms with Crippen molar-refractivity contribution in [2.24, 2.45) is 11.0 Å². The van der Waals surface area contributed by atoms with E-state index in [0.717, 1.165) is 0 Å². The SMILES string of the molecule is C=CCOc1ccccc1C=NNC(=O)C(NC(=O)c1ccc(Cl)cc1Cl)C(C)C. The van der Waals surface area contributed by atoms with E-state index in [2.05, 4.69) is 22.4 Å². The number of carbonyl (C=O) groups excluding carboxylic acids is 2. The maximum Gasteiger partial charge on any atom is 0.262 e. The predicted molar refractivity (Wildman–Crippen MR) is 120 cm³/mol. The summed E-state index contributed by atoms with van der Waals surface area (Å²) in [4.78, 5) is 25.2. The number of halogens is 2. The highest BCUT2D eigenvalue weighted by atomic mass is 35.5. The molecule has 6 nitrogen and oxygen atoms in total. The van der Waals surface area contributed by atoms with Crippen molar-refractivity contribution < 1.29 is 14.3 Å². The van der Waals surface area contributed by atoms with Gasteiger partial charge in [0.2, 0.25) is 0 Å². The zero-order chi connectivity index (χ0) is 22.1. The Hall–Kier alpha value is -2.83. The monoisotopic (exact) mass is 447 g/mol. The summed E-state index contributed by atoms with van der Waals surface area (Å²) in [6.45, 7) is 7.60. The zero-order valence-corrected chi connectivity index (χ0v) is 18.2. The zero-order valence-electron chi connectivity index (χ0n) is 16.7. The molecule has 2 aromatic carbocycles. The molecule has 0 fully saturated rings. The fourth-order valence-corrected chi connectivity index (χ4v) is 3.02. The molecule has 2 aromatic rings. The Bertz CT molecular complexity index is 945. The topological polar surface area (TPSA) is 79.8 Å². The normalized spacial score (nSPS) is 11.9. The summed E-state index contributed by atoms with van der Waals surface area (Å²) in [6.07, 6.45) is 3.12. The Balaban J connectivity index is 2.06. The highest BCUT2D eigenvalue weighted by Crippen LogP contribution is 2.21. The first-order valence-corrected chi connectivity index (χ1v) is 10.0. The molecule has 0 aliphatic heterocycles. The van der Waals surface area contributed by atoms with Gasteiger partial charge in [0.25, 0.3) is 11.8 Å². The van der Waals surface area contributed by atoms with E-state index in [-0.39, 0.29) is 16.5 Å². The first-order chi connectivity index (χ1) is 14.3. The van der Waals surface area contributed by atoms with E-state index in [1.807, 2.05) is 26.0 Å². The maximum atomic E-state index is 12.6. The number of amides is 2. The molecule has 30 heavy (non-hydrogen) atoms. The summed E-state index contributed by atoms with van der Waals surface area (Å²) in [5.41, 5.74) is 3.39. The van der Waals surface area contributed by atoms with Gasteiger partial charge in [0, 0.05) is 10.6 Å². The predicted octanol–water partition coefficient (Wildman–Crippen LogP) is 4.46. The molecule has 158 valence electrons. The van der Waals surface area contributed by atoms with Crippen molar-refractivity contribution in [2.45, 2.75) is 19.9 Å². The molecule has 2 N–H and O–H groups in total. The van der Waals surface area contributed by atoms with Gasteiger partial charge < -0.3 is 10.1 Å². The average molecular weight is 448 g/mol. The van der Waals surface area contributed by atoms with Gasteiger partial charge >= 0.3 is 0 Å². The molecule has 2 rings (SSSR count). The minimum Gasteiger partial charge on any atom is -0.489 e. The van der Waals surface area contributed by atoms with Gasteiger partial charge in [0.05, 0.1) is 16.8 Å². The molecule has 0 radical (unpaired) electrons. The summed E-state index contributed by atoms with van der Waals surface area (Å²) >= 11 is 11.9. The number of carbonyl (C=O) groups is 2. The van der Waals surface area contributed by atoms with Crippen molar-refractivity contribution in [3.8, 4) is 5.75 Å². The molecule has 0 aliphatic carbocycles. The first kappa shape index (κ1) is 23.4. The van der Waals surface area contributed by atoms with Crippen LogP contribution < -0.4 is 15.5 Å². The van der Waals surface area contributed by atoms with Gasteiger partial charge in [0.15, 0.2) is 0 Å². The number of hydrazone groups is 1. The quantitative estimate of drug-likeness (QED) is 0.338. The number of nitrogens with zero attached hydrogens (tertiary/aromatic N) is 1. The maximum absolute atomic E-state index is 12.6. The Morgan fingerprint density at radius 3 is 2.60 bits per heavy atom. The lowest BCUT2D eigenvalue weighted by Crippen LogP contribution is -2.48. The molecule has 0 aromatic heterocycles. The molecule has 0 bridgehead atoms. The van der Waals surface area contributed by atoms with Crippen LogP contribution in [0, 0.1) is 5.92 Å². The third-order valence-electron chi connectivity index (χ3n) is 4.07. The lowest BCUT2D eigenvalue weighted by molar-refractivity contribution is -0.123. The van der Waals surface area contributed by atoms with E-state index in [0.29, 0.717) is 22.9 Å². The number of benzene rings is 2. The van der Waals surface area contributed by atoms with Gasteiger partial charge in [-0.05, 0) is 36.2 Å². The standard InChI is InChI=1S/C22H23Cl2N3O3/c1-4-11-30-19-8-6-5-7-15(19)13-25-27-22(29)20(14(2)3)26-21(28)17-10-9-16(23)12-18(17)24/h4-10,12-14,20H,1,11H2,2-3H3,(H,26,28)(H,27,29). The van der Waals surface area contributed by atoms with Gasteiger partial charge in [-0.25, -0.2) is 5.43 Å². The van der Waals surface area contributed by atoms with Crippen LogP contribution in [0.25, 0.3) is 0 Å². The fourth-order valence-electron chi connectivity index (χ4n) is 2.53. The molecule has 1 unspecified atom stereocenters. The van der Waals surface area contributed by atoms with Crippen LogP contribution in [-0.2, 0) is 4.79 Å². The summed E-state index contributed by atoms with van der Waals surface area (Å²) in [5, 5.41) is 7.31. The molecule has 8 heteroatoms.